The number of fused-ring (bicyclic) bond motifs is 1. The van der Waals surface area contributed by atoms with Gasteiger partial charge in [0, 0.05) is 31.8 Å². The molecule has 0 saturated heterocycles. The molecule has 3 amide bonds. The average molecular weight is 368 g/mol. The van der Waals surface area contributed by atoms with E-state index < -0.39 is 0 Å². The molecule has 3 rings (SSSR count). The van der Waals surface area contributed by atoms with E-state index in [4.69, 9.17) is 0 Å². The second-order valence-corrected chi connectivity index (χ2v) is 6.49. The molecule has 140 valence electrons. The number of hydrogen-bond acceptors (Lipinski definition) is 4. The Labute approximate surface area is 155 Å². The van der Waals surface area contributed by atoms with Crippen molar-refractivity contribution in [1.29, 1.82) is 0 Å². The maximum Gasteiger partial charge on any atom is 0.255 e. The van der Waals surface area contributed by atoms with Gasteiger partial charge in [-0.15, -0.1) is 0 Å². The Bertz CT molecular complexity index is 932. The highest BCUT2D eigenvalue weighted by Crippen LogP contribution is 2.31. The van der Waals surface area contributed by atoms with Crippen molar-refractivity contribution >= 4 is 29.1 Å². The monoisotopic (exact) mass is 368 g/mol. The molecule has 1 atom stereocenters. The van der Waals surface area contributed by atoms with E-state index >= 15 is 0 Å². The fraction of sp³-hybridized carbons (Fsp3) is 0.263. The summed E-state index contributed by atoms with van der Waals surface area (Å²) in [7, 11) is 1.52. The number of aromatic amines is 1. The smallest absolute Gasteiger partial charge is 0.255 e. The highest BCUT2D eigenvalue weighted by molar-refractivity contribution is 6.06. The Morgan fingerprint density at radius 3 is 2.63 bits per heavy atom. The van der Waals surface area contributed by atoms with Gasteiger partial charge in [-0.05, 0) is 25.1 Å². The normalized spacial score (nSPS) is 16.1. The van der Waals surface area contributed by atoms with Crippen molar-refractivity contribution in [3.05, 3.63) is 58.5 Å². The number of hydrogen-bond donors (Lipinski definition) is 2. The number of amides is 3. The lowest BCUT2D eigenvalue weighted by Gasteiger charge is -2.29. The quantitative estimate of drug-likeness (QED) is 0.850. The van der Waals surface area contributed by atoms with Gasteiger partial charge in [0.25, 0.3) is 5.91 Å². The van der Waals surface area contributed by atoms with E-state index in [-0.39, 0.29) is 47.9 Å². The fourth-order valence-corrected chi connectivity index (χ4v) is 3.08. The van der Waals surface area contributed by atoms with Crippen molar-refractivity contribution in [2.45, 2.75) is 19.4 Å². The Balaban J connectivity index is 1.82. The first-order valence-corrected chi connectivity index (χ1v) is 8.52. The topological polar surface area (TPSA) is 103 Å². The lowest BCUT2D eigenvalue weighted by Crippen LogP contribution is -2.45. The molecule has 1 aromatic carbocycles. The van der Waals surface area contributed by atoms with Crippen LogP contribution in [0.1, 0.15) is 23.7 Å². The molecule has 27 heavy (non-hydrogen) atoms. The van der Waals surface area contributed by atoms with Crippen LogP contribution in [0.4, 0.5) is 11.4 Å². The van der Waals surface area contributed by atoms with Gasteiger partial charge in [0.1, 0.15) is 6.54 Å². The van der Waals surface area contributed by atoms with Gasteiger partial charge in [0.15, 0.2) is 0 Å². The molecule has 0 aliphatic carbocycles. The Morgan fingerprint density at radius 2 is 1.93 bits per heavy atom. The zero-order valence-corrected chi connectivity index (χ0v) is 15.1. The van der Waals surface area contributed by atoms with Crippen molar-refractivity contribution in [3.63, 3.8) is 0 Å². The summed E-state index contributed by atoms with van der Waals surface area (Å²) in [6, 6.07) is 9.39. The Kier molecular flexibility index (Phi) is 5.07. The van der Waals surface area contributed by atoms with Crippen LogP contribution in [0.5, 0.6) is 0 Å². The number of likely N-dealkylation sites (N-methyl/N-ethyl adjacent to an activating group) is 1. The summed E-state index contributed by atoms with van der Waals surface area (Å²) in [5.74, 6) is -0.848. The predicted octanol–water partition coefficient (Wildman–Crippen LogP) is 1.21. The maximum absolute atomic E-state index is 13.0. The van der Waals surface area contributed by atoms with Crippen molar-refractivity contribution in [2.24, 2.45) is 0 Å². The van der Waals surface area contributed by atoms with Gasteiger partial charge in [-0.2, -0.15) is 0 Å². The van der Waals surface area contributed by atoms with Gasteiger partial charge < -0.3 is 20.1 Å². The lowest BCUT2D eigenvalue weighted by atomic mass is 10.1. The van der Waals surface area contributed by atoms with Gasteiger partial charge >= 0.3 is 0 Å². The van der Waals surface area contributed by atoms with E-state index in [0.717, 1.165) is 0 Å². The van der Waals surface area contributed by atoms with E-state index in [1.807, 2.05) is 0 Å². The molecule has 0 fully saturated rings. The molecule has 0 unspecified atom stereocenters. The van der Waals surface area contributed by atoms with Crippen LogP contribution in [0.15, 0.2) is 47.4 Å². The third kappa shape index (κ3) is 3.89. The number of carbonyl (C=O) groups excluding carboxylic acids is 3. The minimum Gasteiger partial charge on any atom is -0.332 e. The number of benzene rings is 1. The minimum absolute atomic E-state index is 0.162. The van der Waals surface area contributed by atoms with Crippen LogP contribution in [0.3, 0.4) is 0 Å². The first-order chi connectivity index (χ1) is 12.9. The Hall–Kier alpha value is -3.42. The molecule has 8 heteroatoms. The van der Waals surface area contributed by atoms with Crippen molar-refractivity contribution in [2.75, 3.05) is 23.8 Å². The number of nitrogens with zero attached hydrogens (tertiary/aromatic N) is 2. The van der Waals surface area contributed by atoms with Crippen LogP contribution >= 0.6 is 0 Å². The van der Waals surface area contributed by atoms with Crippen LogP contribution < -0.4 is 15.8 Å². The van der Waals surface area contributed by atoms with Gasteiger partial charge in [-0.25, -0.2) is 0 Å². The largest absolute Gasteiger partial charge is 0.332 e. The summed E-state index contributed by atoms with van der Waals surface area (Å²) in [5, 5.41) is 2.80. The number of carbonyl (C=O) groups is 3. The van der Waals surface area contributed by atoms with E-state index in [1.165, 1.54) is 30.3 Å². The van der Waals surface area contributed by atoms with Crippen molar-refractivity contribution in [3.8, 4) is 0 Å². The number of para-hydroxylation sites is 2. The van der Waals surface area contributed by atoms with Gasteiger partial charge in [0.05, 0.1) is 16.9 Å². The van der Waals surface area contributed by atoms with Crippen molar-refractivity contribution < 1.29 is 14.4 Å². The van der Waals surface area contributed by atoms with E-state index in [1.54, 1.807) is 36.1 Å². The third-order valence-electron chi connectivity index (χ3n) is 4.38. The predicted molar refractivity (Wildman–Crippen MR) is 101 cm³/mol. The number of nitrogens with one attached hydrogen (secondary N) is 2. The summed E-state index contributed by atoms with van der Waals surface area (Å²) >= 11 is 0. The van der Waals surface area contributed by atoms with Crippen molar-refractivity contribution in [1.82, 2.24) is 9.88 Å². The summed E-state index contributed by atoms with van der Waals surface area (Å²) in [6.45, 7) is 1.63. The standard InChI is InChI=1S/C19H20N4O4/c1-12-9-17(25)21-14-5-3-4-6-15(14)23(12)18(26)11-22(2)19(27)13-7-8-16(24)20-10-13/h3-8,10,12H,9,11H2,1-2H3,(H,20,24)(H,21,25)/t12-/m0/s1. The van der Waals surface area contributed by atoms with Crippen LogP contribution in [-0.4, -0.2) is 47.2 Å². The molecular weight excluding hydrogens is 348 g/mol. The number of rotatable bonds is 3. The average Bonchev–Trinajstić information content (AvgIpc) is 2.75. The second-order valence-electron chi connectivity index (χ2n) is 6.49. The summed E-state index contributed by atoms with van der Waals surface area (Å²) in [5.41, 5.74) is 1.14. The van der Waals surface area contributed by atoms with Crippen LogP contribution in [-0.2, 0) is 9.59 Å². The molecule has 1 aromatic heterocycles. The summed E-state index contributed by atoms with van der Waals surface area (Å²) in [4.78, 5) is 53.9. The SMILES string of the molecule is C[C@H]1CC(=O)Nc2ccccc2N1C(=O)CN(C)C(=O)c1ccc(=O)[nH]c1. The molecule has 2 heterocycles. The highest BCUT2D eigenvalue weighted by atomic mass is 16.2. The number of aromatic nitrogens is 1. The zero-order valence-electron chi connectivity index (χ0n) is 15.1. The lowest BCUT2D eigenvalue weighted by molar-refractivity contribution is -0.119. The summed E-state index contributed by atoms with van der Waals surface area (Å²) < 4.78 is 0. The molecule has 1 aliphatic heterocycles. The van der Waals surface area contributed by atoms with Crippen LogP contribution in [0, 0.1) is 0 Å². The Morgan fingerprint density at radius 1 is 1.19 bits per heavy atom. The van der Waals surface area contributed by atoms with E-state index in [9.17, 15) is 19.2 Å². The zero-order chi connectivity index (χ0) is 19.6. The number of pyridine rings is 1. The first kappa shape index (κ1) is 18.4. The molecule has 1 aliphatic rings. The van der Waals surface area contributed by atoms with Gasteiger partial charge in [-0.3, -0.25) is 19.2 Å². The second kappa shape index (κ2) is 7.45. The van der Waals surface area contributed by atoms with Gasteiger partial charge in [0.2, 0.25) is 17.4 Å². The maximum atomic E-state index is 13.0. The van der Waals surface area contributed by atoms with Crippen LogP contribution in [0.2, 0.25) is 0 Å². The molecule has 8 nitrogen and oxygen atoms in total. The molecule has 0 radical (unpaired) electrons. The minimum atomic E-state index is -0.385. The van der Waals surface area contributed by atoms with Gasteiger partial charge in [-0.1, -0.05) is 12.1 Å². The number of H-pyrrole nitrogens is 1. The molecule has 0 saturated carbocycles. The number of anilines is 2. The first-order valence-electron chi connectivity index (χ1n) is 8.52. The van der Waals surface area contributed by atoms with E-state index in [0.29, 0.717) is 11.4 Å². The molecule has 0 spiro atoms. The molecule has 2 N–H and O–H groups in total. The van der Waals surface area contributed by atoms with Crippen LogP contribution in [0.25, 0.3) is 0 Å². The molecule has 0 bridgehead atoms. The molecular formula is C19H20N4O4. The molecule has 2 aromatic rings. The van der Waals surface area contributed by atoms with E-state index in [2.05, 4.69) is 10.3 Å². The summed E-state index contributed by atoms with van der Waals surface area (Å²) in [6.07, 6.45) is 1.48. The highest BCUT2D eigenvalue weighted by Gasteiger charge is 2.30. The fourth-order valence-electron chi connectivity index (χ4n) is 3.08. The third-order valence-corrected chi connectivity index (χ3v) is 4.38.